The van der Waals surface area contributed by atoms with Gasteiger partial charge >= 0.3 is 0 Å². The van der Waals surface area contributed by atoms with Crippen LogP contribution in [0.5, 0.6) is 0 Å². The van der Waals surface area contributed by atoms with Crippen LogP contribution < -0.4 is 5.19 Å². The van der Waals surface area contributed by atoms with Crippen molar-refractivity contribution in [1.29, 1.82) is 0 Å². The van der Waals surface area contributed by atoms with Gasteiger partial charge in [-0.1, -0.05) is 136 Å². The molecule has 0 unspecified atom stereocenters. The Labute approximate surface area is 346 Å². The Morgan fingerprint density at radius 1 is 0.907 bits per heavy atom. The quantitative estimate of drug-likeness (QED) is 0.0521. The standard InChI is InChI=1S/C34H41N2SSi.C13H24O2.Ir/c1-22(2)19-38(8,20-23(3)4)30-17-26(16-25-11-9-10-12-27(25)30)31-33-32(36-21-35-31)28-14-13-24(15-29(28)37-33)18-34(5,6)7;1-5-10(6-2)12(14)9-13(15)11(7-3)8-4;/h9-15,17,21-23H,18-20H2,1-8H3;9-11,14H,5-8H2,1-4H3;/q-1;;/b;12-9-;/i21D;;. The number of ketones is 1. The van der Waals surface area contributed by atoms with Crippen molar-refractivity contribution in [1.82, 2.24) is 9.97 Å². The molecule has 2 heterocycles. The SMILES string of the molecule is CCC(CC)C(=O)/C=C(\O)C(CC)CC.[2H]c1nc(-c2[c-]c3ccccc3c([Si](C)(CC(C)C)CC(C)C)c2)c2sc3cc(CC(C)(C)C)ccc3c2n1.[Ir]. The average molecular weight is 943 g/mol. The summed E-state index contributed by atoms with van der Waals surface area (Å²) in [6.07, 6.45) is 6.00. The van der Waals surface area contributed by atoms with E-state index in [9.17, 15) is 9.90 Å². The number of hydrogen-bond acceptors (Lipinski definition) is 5. The maximum atomic E-state index is 11.7. The molecule has 0 aliphatic carbocycles. The molecular weight excluding hydrogens is 877 g/mol. The molecule has 1 radical (unpaired) electrons. The molecule has 3 aromatic carbocycles. The van der Waals surface area contributed by atoms with E-state index in [2.05, 4.69) is 115 Å². The fraction of sp³-hybridized carbons (Fsp3) is 0.511. The molecule has 0 saturated heterocycles. The molecule has 0 bridgehead atoms. The number of rotatable bonds is 14. The Kier molecular flexibility index (Phi) is 16.3. The van der Waals surface area contributed by atoms with Crippen LogP contribution in [0.3, 0.4) is 0 Å². The summed E-state index contributed by atoms with van der Waals surface area (Å²) < 4.78 is 10.8. The summed E-state index contributed by atoms with van der Waals surface area (Å²) in [7, 11) is -1.83. The van der Waals surface area contributed by atoms with E-state index in [1.165, 1.54) is 39.0 Å². The Bertz CT molecular complexity index is 2060. The summed E-state index contributed by atoms with van der Waals surface area (Å²) in [4.78, 5) is 21.1. The van der Waals surface area contributed by atoms with Gasteiger partial charge in [0.1, 0.15) is 7.67 Å². The number of aliphatic hydroxyl groups is 1. The predicted octanol–water partition coefficient (Wildman–Crippen LogP) is 13.5. The number of nitrogens with zero attached hydrogens (tertiary/aromatic N) is 2. The molecule has 0 spiro atoms. The number of aromatic nitrogens is 2. The number of thiophene rings is 1. The molecule has 1 N–H and O–H groups in total. The zero-order valence-electron chi connectivity index (χ0n) is 35.9. The third kappa shape index (κ3) is 11.4. The number of aliphatic hydroxyl groups excluding tert-OH is 1. The maximum Gasteiger partial charge on any atom is 0.162 e. The molecule has 0 amide bonds. The van der Waals surface area contributed by atoms with E-state index in [-0.39, 0.29) is 55.2 Å². The van der Waals surface area contributed by atoms with Crippen molar-refractivity contribution in [3.63, 3.8) is 0 Å². The summed E-state index contributed by atoms with van der Waals surface area (Å²) in [5.74, 6) is 1.83. The smallest absolute Gasteiger partial charge is 0.162 e. The molecule has 295 valence electrons. The van der Waals surface area contributed by atoms with Crippen LogP contribution in [0.25, 0.3) is 42.3 Å². The molecule has 0 fully saturated rings. The van der Waals surface area contributed by atoms with Crippen molar-refractivity contribution < 1.29 is 31.4 Å². The largest absolute Gasteiger partial charge is 0.512 e. The Hall–Kier alpha value is -2.70. The van der Waals surface area contributed by atoms with Gasteiger partial charge < -0.3 is 5.11 Å². The number of hydrogen-bond donors (Lipinski definition) is 1. The first-order chi connectivity index (χ1) is 25.4. The van der Waals surface area contributed by atoms with E-state index in [0.29, 0.717) is 11.8 Å². The third-order valence-corrected chi connectivity index (χ3v) is 16.8. The summed E-state index contributed by atoms with van der Waals surface area (Å²) in [6.45, 7) is 26.9. The normalized spacial score (nSPS) is 12.9. The topological polar surface area (TPSA) is 63.1 Å². The van der Waals surface area contributed by atoms with Crippen LogP contribution in [-0.2, 0) is 31.3 Å². The molecule has 7 heteroatoms. The monoisotopic (exact) mass is 943 g/mol. The van der Waals surface area contributed by atoms with Crippen molar-refractivity contribution in [2.24, 2.45) is 29.1 Å². The number of carbonyl (C=O) groups is 1. The summed E-state index contributed by atoms with van der Waals surface area (Å²) >= 11 is 1.76. The fourth-order valence-corrected chi connectivity index (χ4v) is 15.0. The second-order valence-corrected chi connectivity index (χ2v) is 22.9. The third-order valence-electron chi connectivity index (χ3n) is 10.5. The van der Waals surface area contributed by atoms with E-state index in [4.69, 9.17) is 6.35 Å². The van der Waals surface area contributed by atoms with Gasteiger partial charge in [-0.15, -0.1) is 40.1 Å². The zero-order chi connectivity index (χ0) is 40.0. The number of benzene rings is 3. The first kappa shape index (κ1) is 44.0. The number of carbonyl (C=O) groups excluding carboxylic acids is 1. The first-order valence-electron chi connectivity index (χ1n) is 20.5. The molecule has 0 saturated carbocycles. The van der Waals surface area contributed by atoms with Crippen LogP contribution >= 0.6 is 11.3 Å². The van der Waals surface area contributed by atoms with Gasteiger partial charge in [0.05, 0.1) is 19.3 Å². The molecule has 54 heavy (non-hydrogen) atoms. The summed E-state index contributed by atoms with van der Waals surface area (Å²) in [5.41, 5.74) is 4.30. The molecule has 0 aliphatic rings. The van der Waals surface area contributed by atoms with Crippen molar-refractivity contribution in [2.45, 2.75) is 127 Å². The minimum atomic E-state index is -1.83. The molecule has 0 atom stereocenters. The van der Waals surface area contributed by atoms with Gasteiger partial charge in [0.2, 0.25) is 0 Å². The molecular formula is C47H65IrN2O2SSi-. The van der Waals surface area contributed by atoms with Crippen LogP contribution in [0.15, 0.2) is 66.7 Å². The van der Waals surface area contributed by atoms with Gasteiger partial charge in [0.15, 0.2) is 5.78 Å². The van der Waals surface area contributed by atoms with Crippen LogP contribution in [0, 0.1) is 35.2 Å². The molecule has 5 aromatic rings. The van der Waals surface area contributed by atoms with Gasteiger partial charge in [-0.3, -0.25) is 9.78 Å². The Balaban J connectivity index is 0.000000433. The minimum Gasteiger partial charge on any atom is -0.512 e. The summed E-state index contributed by atoms with van der Waals surface area (Å²) in [6, 6.07) is 24.1. The van der Waals surface area contributed by atoms with Crippen molar-refractivity contribution >= 4 is 61.5 Å². The van der Waals surface area contributed by atoms with Crippen molar-refractivity contribution in [3.05, 3.63) is 78.3 Å². The Morgan fingerprint density at radius 2 is 1.52 bits per heavy atom. The zero-order valence-corrected chi connectivity index (χ0v) is 39.2. The minimum absolute atomic E-state index is 0. The van der Waals surface area contributed by atoms with Crippen LogP contribution in [0.4, 0.5) is 0 Å². The van der Waals surface area contributed by atoms with Gasteiger partial charge in [0, 0.05) is 58.5 Å². The van der Waals surface area contributed by atoms with Gasteiger partial charge in [-0.25, -0.2) is 4.98 Å². The van der Waals surface area contributed by atoms with E-state index in [0.717, 1.165) is 64.4 Å². The van der Waals surface area contributed by atoms with Crippen LogP contribution in [0.1, 0.15) is 109 Å². The van der Waals surface area contributed by atoms with E-state index in [1.807, 2.05) is 27.7 Å². The maximum absolute atomic E-state index is 11.7. The predicted molar refractivity (Wildman–Crippen MR) is 234 cm³/mol. The second-order valence-electron chi connectivity index (χ2n) is 17.4. The Morgan fingerprint density at radius 3 is 2.09 bits per heavy atom. The van der Waals surface area contributed by atoms with Crippen molar-refractivity contribution in [3.8, 4) is 11.3 Å². The molecule has 5 rings (SSSR count). The molecule has 4 nitrogen and oxygen atoms in total. The second kappa shape index (κ2) is 19.9. The van der Waals surface area contributed by atoms with Gasteiger partial charge in [-0.05, 0) is 61.0 Å². The van der Waals surface area contributed by atoms with Gasteiger partial charge in [-0.2, -0.15) is 0 Å². The average Bonchev–Trinajstić information content (AvgIpc) is 3.44. The van der Waals surface area contributed by atoms with Crippen molar-refractivity contribution in [2.75, 3.05) is 0 Å². The fourth-order valence-electron chi connectivity index (χ4n) is 8.22. The molecule has 2 aromatic heterocycles. The van der Waals surface area contributed by atoms with Crippen LogP contribution in [0.2, 0.25) is 18.6 Å². The van der Waals surface area contributed by atoms with E-state index >= 15 is 0 Å². The first-order valence-corrected chi connectivity index (χ1v) is 23.8. The van der Waals surface area contributed by atoms with E-state index < -0.39 is 8.07 Å². The van der Waals surface area contributed by atoms with Crippen LogP contribution in [-0.4, -0.2) is 28.9 Å². The number of fused-ring (bicyclic) bond motifs is 4. The number of allylic oxidation sites excluding steroid dienone is 2. The van der Waals surface area contributed by atoms with E-state index in [1.54, 1.807) is 11.3 Å². The summed E-state index contributed by atoms with van der Waals surface area (Å²) in [5, 5.41) is 14.8. The van der Waals surface area contributed by atoms with Gasteiger partial charge in [0.25, 0.3) is 0 Å². The molecule has 0 aliphatic heterocycles.